The number of rotatable bonds is 6. The van der Waals surface area contributed by atoms with E-state index >= 15 is 0 Å². The summed E-state index contributed by atoms with van der Waals surface area (Å²) in [5, 5.41) is 5.74. The lowest BCUT2D eigenvalue weighted by molar-refractivity contribution is 0.0946. The van der Waals surface area contributed by atoms with E-state index in [1.807, 2.05) is 24.3 Å². The number of nitrogens with zero attached hydrogens (tertiary/aromatic N) is 2. The maximum absolute atomic E-state index is 13.2. The average Bonchev–Trinajstić information content (AvgIpc) is 2.67. The predicted molar refractivity (Wildman–Crippen MR) is 95.9 cm³/mol. The van der Waals surface area contributed by atoms with Crippen LogP contribution in [0.25, 0.3) is 0 Å². The van der Waals surface area contributed by atoms with Gasteiger partial charge in [-0.15, -0.1) is 0 Å². The highest BCUT2D eigenvalue weighted by atomic mass is 19.1. The Kier molecular flexibility index (Phi) is 5.38. The molecule has 2 aromatic carbocycles. The fraction of sp³-hybridized carbons (Fsp3) is 0.105. The van der Waals surface area contributed by atoms with Gasteiger partial charge in [-0.3, -0.25) is 4.79 Å². The lowest BCUT2D eigenvalue weighted by Gasteiger charge is -2.08. The third-order valence-electron chi connectivity index (χ3n) is 3.61. The first kappa shape index (κ1) is 17.3. The molecule has 0 saturated heterocycles. The topological polar surface area (TPSA) is 76.1 Å². The van der Waals surface area contributed by atoms with Crippen LogP contribution >= 0.6 is 0 Å². The van der Waals surface area contributed by atoms with Crippen molar-refractivity contribution in [2.45, 2.75) is 6.54 Å². The van der Waals surface area contributed by atoms with Gasteiger partial charge >= 0.3 is 0 Å². The zero-order valence-electron chi connectivity index (χ0n) is 14.1. The minimum Gasteiger partial charge on any atom is -0.497 e. The molecule has 3 rings (SSSR count). The fourth-order valence-corrected chi connectivity index (χ4v) is 2.28. The Bertz CT molecular complexity index is 900. The minimum absolute atomic E-state index is 0.215. The number of carbonyl (C=O) groups is 1. The summed E-state index contributed by atoms with van der Waals surface area (Å²) in [6, 6.07) is 14.9. The second-order valence-corrected chi connectivity index (χ2v) is 5.45. The maximum Gasteiger partial charge on any atom is 0.270 e. The van der Waals surface area contributed by atoms with E-state index < -0.39 is 0 Å². The van der Waals surface area contributed by atoms with Crippen molar-refractivity contribution in [3.8, 4) is 5.75 Å². The van der Waals surface area contributed by atoms with Crippen molar-refractivity contribution in [2.75, 3.05) is 12.4 Å². The molecule has 1 amide bonds. The summed E-state index contributed by atoms with van der Waals surface area (Å²) in [4.78, 5) is 20.3. The Morgan fingerprint density at radius 2 is 1.92 bits per heavy atom. The first-order valence-corrected chi connectivity index (χ1v) is 7.90. The lowest BCUT2D eigenvalue weighted by Crippen LogP contribution is -2.24. The van der Waals surface area contributed by atoms with E-state index in [4.69, 9.17) is 4.74 Å². The summed E-state index contributed by atoms with van der Waals surface area (Å²) >= 11 is 0. The molecule has 0 aliphatic rings. The van der Waals surface area contributed by atoms with Crippen LogP contribution in [0, 0.1) is 5.82 Å². The van der Waals surface area contributed by atoms with Crippen molar-refractivity contribution < 1.29 is 13.9 Å². The molecule has 132 valence electrons. The highest BCUT2D eigenvalue weighted by Crippen LogP contribution is 2.16. The van der Waals surface area contributed by atoms with Crippen molar-refractivity contribution in [3.63, 3.8) is 0 Å². The van der Waals surface area contributed by atoms with E-state index in [1.54, 1.807) is 19.2 Å². The summed E-state index contributed by atoms with van der Waals surface area (Å²) in [5.74, 6) is 0.469. The molecule has 0 spiro atoms. The first-order chi connectivity index (χ1) is 12.6. The van der Waals surface area contributed by atoms with E-state index in [0.717, 1.165) is 11.3 Å². The maximum atomic E-state index is 13.2. The number of methoxy groups -OCH3 is 1. The van der Waals surface area contributed by atoms with Crippen molar-refractivity contribution in [1.29, 1.82) is 0 Å². The summed E-state index contributed by atoms with van der Waals surface area (Å²) in [6.07, 6.45) is 1.28. The quantitative estimate of drug-likeness (QED) is 0.712. The second-order valence-electron chi connectivity index (χ2n) is 5.45. The molecule has 3 aromatic rings. The van der Waals surface area contributed by atoms with Gasteiger partial charge in [-0.2, -0.15) is 0 Å². The fourth-order valence-electron chi connectivity index (χ4n) is 2.28. The molecule has 2 N–H and O–H groups in total. The van der Waals surface area contributed by atoms with Gasteiger partial charge in [0.2, 0.25) is 0 Å². The average molecular weight is 352 g/mol. The van der Waals surface area contributed by atoms with Gasteiger partial charge in [0, 0.05) is 18.3 Å². The molecule has 7 heteroatoms. The Balaban J connectivity index is 1.63. The molecule has 0 aliphatic heterocycles. The number of anilines is 2. The molecule has 0 aliphatic carbocycles. The molecule has 0 bridgehead atoms. The van der Waals surface area contributed by atoms with E-state index in [2.05, 4.69) is 20.6 Å². The van der Waals surface area contributed by atoms with Crippen molar-refractivity contribution in [2.24, 2.45) is 0 Å². The van der Waals surface area contributed by atoms with E-state index in [0.29, 0.717) is 18.1 Å². The standard InChI is InChI=1S/C19H17FN4O2/c1-26-16-7-5-13(6-8-16)11-21-19(25)17-10-18(23-12-22-17)24-15-4-2-3-14(20)9-15/h2-10,12H,11H2,1H3,(H,21,25)(H,22,23,24). The summed E-state index contributed by atoms with van der Waals surface area (Å²) in [5.41, 5.74) is 1.69. The molecule has 1 heterocycles. The number of nitrogens with one attached hydrogen (secondary N) is 2. The highest BCUT2D eigenvalue weighted by Gasteiger charge is 2.09. The van der Waals surface area contributed by atoms with Crippen LogP contribution in [0.3, 0.4) is 0 Å². The molecule has 26 heavy (non-hydrogen) atoms. The van der Waals surface area contributed by atoms with Crippen LogP contribution in [-0.4, -0.2) is 23.0 Å². The molecule has 0 unspecified atom stereocenters. The van der Waals surface area contributed by atoms with Crippen molar-refractivity contribution in [1.82, 2.24) is 15.3 Å². The summed E-state index contributed by atoms with van der Waals surface area (Å²) in [7, 11) is 1.60. The van der Waals surface area contributed by atoms with Crippen LogP contribution < -0.4 is 15.4 Å². The van der Waals surface area contributed by atoms with E-state index in [1.165, 1.54) is 24.5 Å². The van der Waals surface area contributed by atoms with Gasteiger partial charge in [-0.1, -0.05) is 18.2 Å². The number of amides is 1. The molecule has 0 fully saturated rings. The van der Waals surface area contributed by atoms with Gasteiger partial charge in [-0.05, 0) is 35.9 Å². The Morgan fingerprint density at radius 1 is 1.12 bits per heavy atom. The Hall–Kier alpha value is -3.48. The minimum atomic E-state index is -0.360. The molecule has 0 saturated carbocycles. The Morgan fingerprint density at radius 3 is 2.65 bits per heavy atom. The van der Waals surface area contributed by atoms with Gasteiger partial charge in [-0.25, -0.2) is 14.4 Å². The van der Waals surface area contributed by atoms with Gasteiger partial charge in [0.1, 0.15) is 29.4 Å². The van der Waals surface area contributed by atoms with Crippen LogP contribution in [0.1, 0.15) is 16.1 Å². The number of carbonyl (C=O) groups excluding carboxylic acids is 1. The molecule has 0 radical (unpaired) electrons. The van der Waals surface area contributed by atoms with Gasteiger partial charge in [0.15, 0.2) is 0 Å². The number of benzene rings is 2. The SMILES string of the molecule is COc1ccc(CNC(=O)c2cc(Nc3cccc(F)c3)ncn2)cc1. The van der Waals surface area contributed by atoms with Crippen LogP contribution in [0.2, 0.25) is 0 Å². The monoisotopic (exact) mass is 352 g/mol. The highest BCUT2D eigenvalue weighted by molar-refractivity contribution is 5.92. The number of hydrogen-bond donors (Lipinski definition) is 2. The Labute approximate surface area is 150 Å². The second kappa shape index (κ2) is 8.06. The summed E-state index contributed by atoms with van der Waals surface area (Å²) in [6.45, 7) is 0.361. The van der Waals surface area contributed by atoms with Crippen molar-refractivity contribution >= 4 is 17.4 Å². The van der Waals surface area contributed by atoms with Crippen LogP contribution in [0.15, 0.2) is 60.9 Å². The number of ether oxygens (including phenoxy) is 1. The van der Waals surface area contributed by atoms with Gasteiger partial charge in [0.25, 0.3) is 5.91 Å². The predicted octanol–water partition coefficient (Wildman–Crippen LogP) is 3.30. The first-order valence-electron chi connectivity index (χ1n) is 7.90. The third-order valence-corrected chi connectivity index (χ3v) is 3.61. The van der Waals surface area contributed by atoms with E-state index in [-0.39, 0.29) is 17.4 Å². The van der Waals surface area contributed by atoms with Crippen molar-refractivity contribution in [3.05, 3.63) is 78.0 Å². The zero-order chi connectivity index (χ0) is 18.4. The number of aromatic nitrogens is 2. The van der Waals surface area contributed by atoms with Gasteiger partial charge in [0.05, 0.1) is 7.11 Å². The number of halogens is 1. The zero-order valence-corrected chi connectivity index (χ0v) is 14.1. The van der Waals surface area contributed by atoms with Gasteiger partial charge < -0.3 is 15.4 Å². The number of hydrogen-bond acceptors (Lipinski definition) is 5. The molecular weight excluding hydrogens is 335 g/mol. The van der Waals surface area contributed by atoms with Crippen LogP contribution in [0.5, 0.6) is 5.75 Å². The largest absolute Gasteiger partial charge is 0.497 e. The molecule has 1 aromatic heterocycles. The smallest absolute Gasteiger partial charge is 0.270 e. The summed E-state index contributed by atoms with van der Waals surface area (Å²) < 4.78 is 18.3. The van der Waals surface area contributed by atoms with Crippen LogP contribution in [0.4, 0.5) is 15.9 Å². The molecule has 6 nitrogen and oxygen atoms in total. The third kappa shape index (κ3) is 4.54. The van der Waals surface area contributed by atoms with Crippen LogP contribution in [-0.2, 0) is 6.54 Å². The molecular formula is C19H17FN4O2. The normalized spacial score (nSPS) is 10.2. The van der Waals surface area contributed by atoms with E-state index in [9.17, 15) is 9.18 Å². The molecule has 0 atom stereocenters. The lowest BCUT2D eigenvalue weighted by atomic mass is 10.2.